The van der Waals surface area contributed by atoms with Gasteiger partial charge in [0.05, 0.1) is 12.2 Å². The van der Waals surface area contributed by atoms with Crippen LogP contribution in [-0.2, 0) is 10.3 Å². The monoisotopic (exact) mass is 272 g/mol. The Kier molecular flexibility index (Phi) is 5.19. The van der Waals surface area contributed by atoms with Crippen molar-refractivity contribution in [1.82, 2.24) is 0 Å². The molecule has 2 nitrogen and oxygen atoms in total. The maximum atomic E-state index is 9.49. The molecule has 0 aliphatic rings. The lowest BCUT2D eigenvalue weighted by molar-refractivity contribution is 0.0568. The average molecular weight is 273 g/mol. The fourth-order valence-corrected chi connectivity index (χ4v) is 4.04. The van der Waals surface area contributed by atoms with Gasteiger partial charge in [-0.2, -0.15) is 0 Å². The number of hydrogen-bond acceptors (Lipinski definition) is 2. The second-order valence-corrected chi connectivity index (χ2v) is 9.01. The van der Waals surface area contributed by atoms with Crippen LogP contribution in [-0.4, -0.2) is 25.6 Å². The Morgan fingerprint density at radius 3 is 2.18 bits per heavy atom. The molecule has 0 aliphatic carbocycles. The molecule has 0 fully saturated rings. The molecular weight excluding hydrogens is 252 g/mol. The second-order valence-electron chi connectivity index (χ2n) is 4.90. The third kappa shape index (κ3) is 4.10. The van der Waals surface area contributed by atoms with Gasteiger partial charge in [-0.3, -0.25) is 0 Å². The molecule has 4 heteroatoms. The molecule has 0 amide bonds. The zero-order chi connectivity index (χ0) is 13.1. The van der Waals surface area contributed by atoms with Gasteiger partial charge in [0, 0.05) is 5.88 Å². The van der Waals surface area contributed by atoms with E-state index in [0.29, 0.717) is 5.88 Å². The van der Waals surface area contributed by atoms with E-state index < -0.39 is 14.4 Å². The van der Waals surface area contributed by atoms with E-state index in [-0.39, 0.29) is 6.10 Å². The maximum Gasteiger partial charge on any atom is 0.218 e. The van der Waals surface area contributed by atoms with Crippen molar-refractivity contribution >= 4 is 25.1 Å². The van der Waals surface area contributed by atoms with Crippen LogP contribution in [0.25, 0.3) is 0 Å². The summed E-state index contributed by atoms with van der Waals surface area (Å²) >= 11 is 5.77. The highest BCUT2D eigenvalue weighted by Crippen LogP contribution is 2.12. The first-order valence-electron chi connectivity index (χ1n) is 5.88. The summed E-state index contributed by atoms with van der Waals surface area (Å²) in [6.07, 6.45) is -0.576. The van der Waals surface area contributed by atoms with Gasteiger partial charge in [-0.25, -0.2) is 0 Å². The third-order valence-electron chi connectivity index (χ3n) is 2.96. The zero-order valence-corrected chi connectivity index (χ0v) is 12.7. The van der Waals surface area contributed by atoms with Crippen molar-refractivity contribution < 1.29 is 9.53 Å². The van der Waals surface area contributed by atoms with Gasteiger partial charge in [-0.1, -0.05) is 24.3 Å². The van der Waals surface area contributed by atoms with Crippen LogP contribution in [0.3, 0.4) is 0 Å². The Morgan fingerprint density at radius 1 is 1.24 bits per heavy atom. The van der Waals surface area contributed by atoms with Crippen molar-refractivity contribution in [1.29, 1.82) is 0 Å². The number of rotatable bonds is 5. The number of aliphatic hydroxyl groups is 1. The van der Waals surface area contributed by atoms with Crippen LogP contribution < -0.4 is 5.19 Å². The van der Waals surface area contributed by atoms with Gasteiger partial charge in [0.2, 0.25) is 8.32 Å². The lowest BCUT2D eigenvalue weighted by atomic mass is 10.2. The van der Waals surface area contributed by atoms with Gasteiger partial charge >= 0.3 is 0 Å². The Morgan fingerprint density at radius 2 is 1.76 bits per heavy atom. The lowest BCUT2D eigenvalue weighted by Gasteiger charge is -2.29. The molecule has 0 heterocycles. The molecular formula is C13H21ClO2Si. The molecule has 1 unspecified atom stereocenters. The zero-order valence-electron chi connectivity index (χ0n) is 10.9. The van der Waals surface area contributed by atoms with E-state index in [9.17, 15) is 5.11 Å². The Bertz CT molecular complexity index is 349. The average Bonchev–Trinajstić information content (AvgIpc) is 2.28. The van der Waals surface area contributed by atoms with E-state index in [4.69, 9.17) is 16.0 Å². The number of aliphatic hydroxyl groups excluding tert-OH is 1. The third-order valence-corrected chi connectivity index (χ3v) is 5.96. The first-order valence-corrected chi connectivity index (χ1v) is 9.32. The minimum absolute atomic E-state index is 0.135. The van der Waals surface area contributed by atoms with E-state index in [0.717, 1.165) is 5.56 Å². The molecule has 1 aromatic carbocycles. The molecule has 96 valence electrons. The Labute approximate surface area is 110 Å². The highest BCUT2D eigenvalue weighted by molar-refractivity contribution is 6.84. The normalized spacial score (nSPS) is 15.6. The molecule has 1 N–H and O–H groups in total. The van der Waals surface area contributed by atoms with Crippen LogP contribution in [0.2, 0.25) is 13.1 Å². The Balaban J connectivity index is 2.81. The van der Waals surface area contributed by atoms with Gasteiger partial charge in [0.1, 0.15) is 0 Å². The summed E-state index contributed by atoms with van der Waals surface area (Å²) in [5.41, 5.74) is 1.11. The molecule has 17 heavy (non-hydrogen) atoms. The van der Waals surface area contributed by atoms with E-state index in [1.54, 1.807) is 6.92 Å². The van der Waals surface area contributed by atoms with E-state index in [1.165, 1.54) is 5.19 Å². The molecule has 1 rings (SSSR count). The standard InChI is InChI=1S/C13H21ClO2Si/c1-10(15)11(2)16-17(3,4)13-7-5-12(9-14)6-8-13/h5-8,10-11,15H,9H2,1-4H3/t10?,11-/m1/s1. The molecule has 0 saturated carbocycles. The first-order chi connectivity index (χ1) is 7.86. The summed E-state index contributed by atoms with van der Waals surface area (Å²) in [6.45, 7) is 7.95. The summed E-state index contributed by atoms with van der Waals surface area (Å²) in [4.78, 5) is 0. The molecule has 2 atom stereocenters. The highest BCUT2D eigenvalue weighted by atomic mass is 35.5. The quantitative estimate of drug-likeness (QED) is 0.660. The molecule has 0 spiro atoms. The molecule has 1 aromatic rings. The molecule has 0 aromatic heterocycles. The Hall–Kier alpha value is -0.353. The maximum absolute atomic E-state index is 9.49. The molecule has 0 radical (unpaired) electrons. The fourth-order valence-electron chi connectivity index (χ4n) is 1.63. The van der Waals surface area contributed by atoms with Crippen molar-refractivity contribution in [3.05, 3.63) is 29.8 Å². The smallest absolute Gasteiger partial charge is 0.218 e. The van der Waals surface area contributed by atoms with Crippen LogP contribution in [0, 0.1) is 0 Å². The van der Waals surface area contributed by atoms with E-state index in [1.807, 2.05) is 19.1 Å². The van der Waals surface area contributed by atoms with Crippen LogP contribution in [0.15, 0.2) is 24.3 Å². The van der Waals surface area contributed by atoms with Crippen molar-refractivity contribution in [3.63, 3.8) is 0 Å². The van der Waals surface area contributed by atoms with E-state index in [2.05, 4.69) is 25.2 Å². The highest BCUT2D eigenvalue weighted by Gasteiger charge is 2.28. The summed E-state index contributed by atoms with van der Waals surface area (Å²) in [6, 6.07) is 8.23. The van der Waals surface area contributed by atoms with Crippen molar-refractivity contribution in [2.24, 2.45) is 0 Å². The van der Waals surface area contributed by atoms with Crippen molar-refractivity contribution in [3.8, 4) is 0 Å². The predicted molar refractivity (Wildman–Crippen MR) is 75.3 cm³/mol. The predicted octanol–water partition coefficient (Wildman–Crippen LogP) is 2.62. The summed E-state index contributed by atoms with van der Waals surface area (Å²) < 4.78 is 6.01. The summed E-state index contributed by atoms with van der Waals surface area (Å²) in [5.74, 6) is 0.535. The lowest BCUT2D eigenvalue weighted by Crippen LogP contribution is -2.48. The minimum atomic E-state index is -1.94. The fraction of sp³-hybridized carbons (Fsp3) is 0.538. The van der Waals surface area contributed by atoms with Crippen molar-refractivity contribution in [2.45, 2.75) is 45.0 Å². The van der Waals surface area contributed by atoms with E-state index >= 15 is 0 Å². The minimum Gasteiger partial charge on any atom is -0.408 e. The molecule has 0 bridgehead atoms. The van der Waals surface area contributed by atoms with Gasteiger partial charge < -0.3 is 9.53 Å². The first kappa shape index (κ1) is 14.7. The van der Waals surface area contributed by atoms with Crippen LogP contribution in [0.1, 0.15) is 19.4 Å². The summed E-state index contributed by atoms with van der Waals surface area (Å²) in [7, 11) is -1.94. The van der Waals surface area contributed by atoms with Gasteiger partial charge in [-0.15, -0.1) is 11.6 Å². The van der Waals surface area contributed by atoms with Crippen molar-refractivity contribution in [2.75, 3.05) is 0 Å². The summed E-state index contributed by atoms with van der Waals surface area (Å²) in [5, 5.41) is 10.7. The van der Waals surface area contributed by atoms with Crippen LogP contribution >= 0.6 is 11.6 Å². The SMILES string of the molecule is CC(O)[C@@H](C)O[Si](C)(C)c1ccc(CCl)cc1. The largest absolute Gasteiger partial charge is 0.408 e. The van der Waals surface area contributed by atoms with Gasteiger partial charge in [-0.05, 0) is 37.7 Å². The molecule has 0 aliphatic heterocycles. The van der Waals surface area contributed by atoms with Gasteiger partial charge in [0.15, 0.2) is 0 Å². The number of hydrogen-bond donors (Lipinski definition) is 1. The van der Waals surface area contributed by atoms with Crippen LogP contribution in [0.4, 0.5) is 0 Å². The van der Waals surface area contributed by atoms with Gasteiger partial charge in [0.25, 0.3) is 0 Å². The van der Waals surface area contributed by atoms with Crippen LogP contribution in [0.5, 0.6) is 0 Å². The molecule has 0 saturated heterocycles. The topological polar surface area (TPSA) is 29.5 Å². The number of halogens is 1. The second kappa shape index (κ2) is 6.00. The number of benzene rings is 1. The number of alkyl halides is 1.